The number of aryl methyl sites for hydroxylation is 8. The summed E-state index contributed by atoms with van der Waals surface area (Å²) in [6, 6.07) is 40.3. The van der Waals surface area contributed by atoms with Crippen LogP contribution in [0.25, 0.3) is 45.3 Å². The first-order valence-electron chi connectivity index (χ1n) is 43.4. The van der Waals surface area contributed by atoms with Gasteiger partial charge < -0.3 is 56.8 Å². The zero-order chi connectivity index (χ0) is 97.5. The van der Waals surface area contributed by atoms with Crippen molar-refractivity contribution >= 4 is 81.6 Å². The second kappa shape index (κ2) is 49.7. The lowest BCUT2D eigenvalue weighted by atomic mass is 9.86. The third-order valence-electron chi connectivity index (χ3n) is 21.4. The smallest absolute Gasteiger partial charge is 0.454 e. The second-order valence-electron chi connectivity index (χ2n) is 36.0. The van der Waals surface area contributed by atoms with Crippen LogP contribution in [-0.4, -0.2) is 123 Å². The summed E-state index contributed by atoms with van der Waals surface area (Å²) in [6.45, 7) is 51.7. The molecule has 8 aromatic rings. The van der Waals surface area contributed by atoms with Crippen LogP contribution in [0, 0.1) is 113 Å². The summed E-state index contributed by atoms with van der Waals surface area (Å²) in [6.07, 6.45) is -0.259. The van der Waals surface area contributed by atoms with Crippen molar-refractivity contribution in [2.75, 3.05) is 52.9 Å². The van der Waals surface area contributed by atoms with Crippen molar-refractivity contribution in [3.8, 4) is 24.3 Å². The molecule has 0 aliphatic rings. The largest absolute Gasteiger partial charge is 0.511 e. The molecule has 2 atom stereocenters. The summed E-state index contributed by atoms with van der Waals surface area (Å²) >= 11 is 5.50. The van der Waals surface area contributed by atoms with Crippen molar-refractivity contribution < 1.29 is 76.0 Å². The van der Waals surface area contributed by atoms with E-state index in [2.05, 4.69) is 128 Å². The molecule has 0 saturated carbocycles. The van der Waals surface area contributed by atoms with Crippen molar-refractivity contribution in [2.24, 2.45) is 40.0 Å². The second-order valence-corrected chi connectivity index (χ2v) is 36.4. The highest BCUT2D eigenvalue weighted by molar-refractivity contribution is 6.18. The molecule has 0 fully saturated rings. The molecule has 4 aromatic heterocycles. The fourth-order valence-corrected chi connectivity index (χ4v) is 13.1. The van der Waals surface area contributed by atoms with Crippen LogP contribution in [-0.2, 0) is 107 Å². The van der Waals surface area contributed by atoms with Crippen molar-refractivity contribution in [1.82, 2.24) is 39.1 Å². The lowest BCUT2D eigenvalue weighted by Crippen LogP contribution is -2.17. The van der Waals surface area contributed by atoms with Gasteiger partial charge in [-0.05, 0) is 153 Å². The topological polar surface area (TPSA) is 345 Å². The molecule has 0 spiro atoms. The van der Waals surface area contributed by atoms with E-state index in [4.69, 9.17) is 68.4 Å². The van der Waals surface area contributed by atoms with Crippen LogP contribution < -0.4 is 0 Å². The Morgan fingerprint density at radius 3 is 0.815 bits per heavy atom. The fraction of sp³-hybridized carbons (Fsp3) is 0.485. The number of rotatable bonds is 31. The SMILES string of the molecule is CCC(C)COC(=O)OCO/C(=C(/C#N)c1ccc(C(C)(C)C)cc1)c1c(C)c(C)nn1C.CCCC(C)OC(=O)OCO/C(=C(/C#N)c1ccc(C(C)(C)C)cc1)c1c(C)c(C)nn1C.Cc1nn(C)c(/C(OCOC(=O)OCCC(C)C)=C(\C#N)c2ccc(C(C)(C)C)cc2)c1C.Cc1nn(C)c(/C(OCOC(=O)OCCCl)=C(\C#N)c2ccc(C(C)(C)C)cc2)c1C. The molecule has 0 aliphatic heterocycles. The zero-order valence-electron chi connectivity index (χ0n) is 81.7. The minimum Gasteiger partial charge on any atom is -0.454 e. The molecular weight excluding hydrogens is 1670 g/mol. The number of allylic oxidation sites excluding steroid dienone is 4. The van der Waals surface area contributed by atoms with E-state index in [1.807, 2.05) is 194 Å². The molecule has 0 radical (unpaired) electrons. The Kier molecular flexibility index (Phi) is 41.2. The maximum Gasteiger partial charge on any atom is 0.511 e. The number of carbonyl (C=O) groups excluding carboxylic acids is 4. The molecule has 4 aromatic carbocycles. The summed E-state index contributed by atoms with van der Waals surface area (Å²) in [4.78, 5) is 47.5. The van der Waals surface area contributed by atoms with Gasteiger partial charge in [-0.3, -0.25) is 18.7 Å². The number of benzene rings is 4. The van der Waals surface area contributed by atoms with Crippen LogP contribution in [0.2, 0.25) is 0 Å². The molecule has 4 heterocycles. The van der Waals surface area contributed by atoms with E-state index < -0.39 is 31.4 Å². The van der Waals surface area contributed by atoms with Crippen LogP contribution in [0.4, 0.5) is 19.2 Å². The Morgan fingerprint density at radius 2 is 0.608 bits per heavy atom. The number of nitriles is 4. The summed E-state index contributed by atoms with van der Waals surface area (Å²) in [7, 11) is 7.14. The van der Waals surface area contributed by atoms with Gasteiger partial charge in [-0.2, -0.15) is 41.4 Å². The molecule has 0 bridgehead atoms. The zero-order valence-corrected chi connectivity index (χ0v) is 82.5. The van der Waals surface area contributed by atoms with Gasteiger partial charge in [-0.15, -0.1) is 11.6 Å². The number of hydrogen-bond donors (Lipinski definition) is 0. The van der Waals surface area contributed by atoms with E-state index in [1.165, 1.54) is 0 Å². The Labute approximate surface area is 773 Å². The number of nitrogens with zero attached hydrogens (tertiary/aromatic N) is 12. The minimum absolute atomic E-state index is 0.00606. The van der Waals surface area contributed by atoms with Gasteiger partial charge in [0.1, 0.15) is 82.1 Å². The van der Waals surface area contributed by atoms with E-state index in [9.17, 15) is 40.2 Å². The average Bonchev–Trinajstić information content (AvgIpc) is 1.59. The molecular formula is C101H133ClN12O16. The third-order valence-corrected chi connectivity index (χ3v) is 21.5. The normalized spacial score (nSPS) is 12.6. The standard InChI is InChI=1S/3C26H35N3O4.C23H28ClN3O4/c1-17(2)13-14-31-25(30)33-16-32-24(23-18(3)19(4)28-29(23)8)22(15-27)20-9-11-21(12-10-20)26(5,6)7;1-9-17(2)15-31-25(30)33-16-32-24(23-18(3)19(4)28-29(23)8)22(14-27)20-10-12-21(13-11-20)26(5,6)7;1-9-10-17(2)33-25(30)32-16-31-24(23-18(3)19(4)28-29(23)8)22(15-27)20-11-13-21(14-12-20)26(5,6)7;1-15-16(2)26-27(6)20(15)21(30-14-31-22(28)29-12-11-24)19(13-25)17-7-9-18(10-8-17)23(3,4)5/h9-12,17H,13-14,16H2,1-8H3;10-13,17H,9,15-16H2,1-8H3;11-14,17H,9-10,16H2,1-8H3;7-10H,11-12,14H2,1-6H3/b3*24-22-;21-19-. The van der Waals surface area contributed by atoms with E-state index in [-0.39, 0.29) is 85.5 Å². The highest BCUT2D eigenvalue weighted by Gasteiger charge is 2.29. The van der Waals surface area contributed by atoms with Crippen LogP contribution in [0.1, 0.15) is 263 Å². The van der Waals surface area contributed by atoms with Gasteiger partial charge in [0.2, 0.25) is 27.2 Å². The molecule has 0 aliphatic carbocycles. The van der Waals surface area contributed by atoms with Crippen molar-refractivity contribution in [2.45, 2.75) is 233 Å². The number of carbonyl (C=O) groups is 4. The first kappa shape index (κ1) is 108. The Hall–Kier alpha value is -12.8. The highest BCUT2D eigenvalue weighted by Crippen LogP contribution is 2.38. The van der Waals surface area contributed by atoms with Crippen LogP contribution in [0.15, 0.2) is 97.1 Å². The minimum atomic E-state index is -0.897. The van der Waals surface area contributed by atoms with Gasteiger partial charge in [0.15, 0.2) is 23.0 Å². The number of aromatic nitrogens is 8. The maximum atomic E-state index is 12.0. The monoisotopic (exact) mass is 1800 g/mol. The number of ether oxygens (including phenoxy) is 12. The third kappa shape index (κ3) is 31.3. The molecule has 0 N–H and O–H groups in total. The molecule has 0 amide bonds. The molecule has 0 saturated heterocycles. The van der Waals surface area contributed by atoms with Gasteiger partial charge in [0.25, 0.3) is 0 Å². The molecule has 29 heteroatoms. The first-order valence-corrected chi connectivity index (χ1v) is 43.9. The van der Waals surface area contributed by atoms with E-state index in [0.717, 1.165) is 93.0 Å². The van der Waals surface area contributed by atoms with Gasteiger partial charge in [0, 0.05) is 50.4 Å². The Bertz CT molecular complexity index is 5450. The summed E-state index contributed by atoms with van der Waals surface area (Å²) < 4.78 is 70.6. The molecule has 700 valence electrons. The van der Waals surface area contributed by atoms with Crippen LogP contribution >= 0.6 is 11.6 Å². The average molecular weight is 1810 g/mol. The van der Waals surface area contributed by atoms with E-state index in [1.54, 1.807) is 46.9 Å². The molecule has 130 heavy (non-hydrogen) atoms. The number of halogens is 1. The highest BCUT2D eigenvalue weighted by atomic mass is 35.5. The van der Waals surface area contributed by atoms with Crippen LogP contribution in [0.3, 0.4) is 0 Å². The Morgan fingerprint density at radius 1 is 0.362 bits per heavy atom. The maximum absolute atomic E-state index is 12.0. The van der Waals surface area contributed by atoms with Gasteiger partial charge in [0.05, 0.1) is 41.9 Å². The van der Waals surface area contributed by atoms with Gasteiger partial charge in [-0.1, -0.05) is 228 Å². The van der Waals surface area contributed by atoms with E-state index in [0.29, 0.717) is 90.5 Å². The van der Waals surface area contributed by atoms with Crippen molar-refractivity contribution in [3.63, 3.8) is 0 Å². The number of alkyl halides is 1. The molecule has 28 nitrogen and oxygen atoms in total. The quantitative estimate of drug-likeness (QED) is 0.00972. The predicted octanol–water partition coefficient (Wildman–Crippen LogP) is 22.9. The Balaban J connectivity index is 0.000000307. The summed E-state index contributed by atoms with van der Waals surface area (Å²) in [5.74, 6) is 2.01. The van der Waals surface area contributed by atoms with Crippen molar-refractivity contribution in [3.05, 3.63) is 209 Å². The predicted molar refractivity (Wildman–Crippen MR) is 504 cm³/mol. The van der Waals surface area contributed by atoms with Gasteiger partial charge in [-0.25, -0.2) is 19.2 Å². The fourth-order valence-electron chi connectivity index (χ4n) is 13.1. The molecule has 8 rings (SSSR count). The number of hydrogen-bond acceptors (Lipinski definition) is 24. The lowest BCUT2D eigenvalue weighted by Gasteiger charge is -2.19. The first-order chi connectivity index (χ1) is 61.0. The van der Waals surface area contributed by atoms with Gasteiger partial charge >= 0.3 is 24.6 Å². The summed E-state index contributed by atoms with van der Waals surface area (Å²) in [5.41, 5.74) is 18.1. The summed E-state index contributed by atoms with van der Waals surface area (Å²) in [5, 5.41) is 57.9. The van der Waals surface area contributed by atoms with E-state index >= 15 is 0 Å². The lowest BCUT2D eigenvalue weighted by molar-refractivity contribution is -0.0217. The van der Waals surface area contributed by atoms with Crippen molar-refractivity contribution in [1.29, 1.82) is 21.0 Å². The molecule has 2 unspecified atom stereocenters. The van der Waals surface area contributed by atoms with Crippen LogP contribution in [0.5, 0.6) is 0 Å².